The minimum Gasteiger partial charge on any atom is -0.469 e. The molecule has 0 bridgehead atoms. The molecule has 0 unspecified atom stereocenters. The minimum atomic E-state index is -0.262. The Morgan fingerprint density at radius 2 is 2.00 bits per heavy atom. The number of nitrogens with zero attached hydrogens (tertiary/aromatic N) is 4. The summed E-state index contributed by atoms with van der Waals surface area (Å²) in [6.45, 7) is 2.25. The highest BCUT2D eigenvalue weighted by atomic mass is 19.1. The number of aromatic nitrogens is 2. The van der Waals surface area contributed by atoms with Crippen LogP contribution in [0.15, 0.2) is 41.5 Å². The van der Waals surface area contributed by atoms with Crippen molar-refractivity contribution in [2.45, 2.75) is 19.3 Å². The molecule has 1 aliphatic rings. The van der Waals surface area contributed by atoms with Gasteiger partial charge in [0.05, 0.1) is 24.4 Å². The molecule has 1 aliphatic heterocycles. The summed E-state index contributed by atoms with van der Waals surface area (Å²) in [4.78, 5) is 18.2. The number of methoxy groups -OCH3 is 1. The molecule has 0 atom stereocenters. The van der Waals surface area contributed by atoms with E-state index in [4.69, 9.17) is 4.74 Å². The number of esters is 1. The predicted molar refractivity (Wildman–Crippen MR) is 105 cm³/mol. The summed E-state index contributed by atoms with van der Waals surface area (Å²) >= 11 is 0. The van der Waals surface area contributed by atoms with Crippen molar-refractivity contribution in [2.75, 3.05) is 33.8 Å². The minimum absolute atomic E-state index is 0.0187. The van der Waals surface area contributed by atoms with Gasteiger partial charge in [-0.25, -0.2) is 9.07 Å². The SMILES string of the molecule is CN=C(NCCc1ccn(-c2ccc(F)cc2)n1)N1CCC(C(=O)OC)CC1. The van der Waals surface area contributed by atoms with Gasteiger partial charge in [-0.1, -0.05) is 0 Å². The predicted octanol–water partition coefficient (Wildman–Crippen LogP) is 2.01. The smallest absolute Gasteiger partial charge is 0.308 e. The number of ether oxygens (including phenoxy) is 1. The molecule has 0 saturated carbocycles. The van der Waals surface area contributed by atoms with Gasteiger partial charge in [0.25, 0.3) is 0 Å². The van der Waals surface area contributed by atoms with E-state index in [9.17, 15) is 9.18 Å². The van der Waals surface area contributed by atoms with Crippen LogP contribution in [0.25, 0.3) is 5.69 Å². The fraction of sp³-hybridized carbons (Fsp3) is 0.450. The maximum absolute atomic E-state index is 13.0. The van der Waals surface area contributed by atoms with Crippen LogP contribution in [-0.2, 0) is 16.0 Å². The maximum atomic E-state index is 13.0. The van der Waals surface area contributed by atoms with Crippen molar-refractivity contribution in [1.29, 1.82) is 0 Å². The summed E-state index contributed by atoms with van der Waals surface area (Å²) in [7, 11) is 3.20. The van der Waals surface area contributed by atoms with Gasteiger partial charge in [-0.3, -0.25) is 9.79 Å². The van der Waals surface area contributed by atoms with Gasteiger partial charge < -0.3 is 15.0 Å². The van der Waals surface area contributed by atoms with Crippen LogP contribution in [0.4, 0.5) is 4.39 Å². The van der Waals surface area contributed by atoms with E-state index in [0.717, 1.165) is 49.7 Å². The zero-order chi connectivity index (χ0) is 19.9. The number of halogens is 1. The molecule has 1 saturated heterocycles. The summed E-state index contributed by atoms with van der Waals surface area (Å²) < 4.78 is 19.6. The number of nitrogens with one attached hydrogen (secondary N) is 1. The molecule has 0 aliphatic carbocycles. The molecule has 0 spiro atoms. The standard InChI is InChI=1S/C20H26FN5O2/c1-22-20(25-12-8-15(9-13-25)19(27)28-2)23-11-7-17-10-14-26(24-17)18-5-3-16(21)4-6-18/h3-6,10,14-15H,7-9,11-13H2,1-2H3,(H,22,23). The van der Waals surface area contributed by atoms with Crippen molar-refractivity contribution in [1.82, 2.24) is 20.0 Å². The Bertz CT molecular complexity index is 810. The highest BCUT2D eigenvalue weighted by molar-refractivity contribution is 5.80. The molecule has 1 fully saturated rings. The highest BCUT2D eigenvalue weighted by Gasteiger charge is 2.26. The molecular weight excluding hydrogens is 361 g/mol. The van der Waals surface area contributed by atoms with Crippen LogP contribution in [0.1, 0.15) is 18.5 Å². The molecule has 28 heavy (non-hydrogen) atoms. The quantitative estimate of drug-likeness (QED) is 0.483. The van der Waals surface area contributed by atoms with Gasteiger partial charge in [0, 0.05) is 39.3 Å². The fourth-order valence-electron chi connectivity index (χ4n) is 3.36. The largest absolute Gasteiger partial charge is 0.469 e. The van der Waals surface area contributed by atoms with Crippen molar-refractivity contribution in [3.8, 4) is 5.69 Å². The number of carbonyl (C=O) groups is 1. The van der Waals surface area contributed by atoms with Gasteiger partial charge in [0.1, 0.15) is 5.82 Å². The van der Waals surface area contributed by atoms with Crippen molar-refractivity contribution < 1.29 is 13.9 Å². The molecule has 1 N–H and O–H groups in total. The molecular formula is C20H26FN5O2. The summed E-state index contributed by atoms with van der Waals surface area (Å²) in [5, 5.41) is 7.90. The number of guanidine groups is 1. The summed E-state index contributed by atoms with van der Waals surface area (Å²) in [5.74, 6) is 0.428. The van der Waals surface area contributed by atoms with Crippen LogP contribution in [0.2, 0.25) is 0 Å². The van der Waals surface area contributed by atoms with Crippen LogP contribution >= 0.6 is 0 Å². The Morgan fingerprint density at radius 1 is 1.29 bits per heavy atom. The summed E-state index contributed by atoms with van der Waals surface area (Å²) in [6, 6.07) is 8.20. The molecule has 150 valence electrons. The zero-order valence-electron chi connectivity index (χ0n) is 16.3. The number of hydrogen-bond donors (Lipinski definition) is 1. The second-order valence-corrected chi connectivity index (χ2v) is 6.74. The average molecular weight is 387 g/mol. The Labute approximate surface area is 164 Å². The average Bonchev–Trinajstić information content (AvgIpc) is 3.20. The lowest BCUT2D eigenvalue weighted by atomic mass is 9.97. The van der Waals surface area contributed by atoms with E-state index in [1.165, 1.54) is 19.2 Å². The number of hydrogen-bond acceptors (Lipinski definition) is 4. The van der Waals surface area contributed by atoms with Gasteiger partial charge in [-0.15, -0.1) is 0 Å². The van der Waals surface area contributed by atoms with E-state index >= 15 is 0 Å². The first kappa shape index (κ1) is 19.9. The van der Waals surface area contributed by atoms with Gasteiger partial charge in [0.15, 0.2) is 5.96 Å². The van der Waals surface area contributed by atoms with Crippen LogP contribution in [-0.4, -0.2) is 60.4 Å². The molecule has 1 aromatic heterocycles. The normalized spacial score (nSPS) is 15.5. The Balaban J connectivity index is 1.48. The number of aliphatic imine (C=N–C) groups is 1. The van der Waals surface area contributed by atoms with Crippen molar-refractivity contribution in [3.05, 3.63) is 48.0 Å². The molecule has 3 rings (SSSR count). The van der Waals surface area contributed by atoms with Crippen molar-refractivity contribution in [3.63, 3.8) is 0 Å². The van der Waals surface area contributed by atoms with Crippen LogP contribution in [0.3, 0.4) is 0 Å². The summed E-state index contributed by atoms with van der Waals surface area (Å²) in [6.07, 6.45) is 4.16. The van der Waals surface area contributed by atoms with E-state index in [2.05, 4.69) is 20.3 Å². The van der Waals surface area contributed by atoms with Gasteiger partial charge >= 0.3 is 5.97 Å². The first-order valence-electron chi connectivity index (χ1n) is 9.44. The third-order valence-corrected chi connectivity index (χ3v) is 4.94. The number of rotatable bonds is 5. The lowest BCUT2D eigenvalue weighted by Crippen LogP contribution is -2.47. The lowest BCUT2D eigenvalue weighted by Gasteiger charge is -2.33. The maximum Gasteiger partial charge on any atom is 0.308 e. The number of likely N-dealkylation sites (tertiary alicyclic amines) is 1. The van der Waals surface area contributed by atoms with Gasteiger partial charge in [-0.2, -0.15) is 5.10 Å². The first-order valence-corrected chi connectivity index (χ1v) is 9.44. The van der Waals surface area contributed by atoms with Crippen LogP contribution < -0.4 is 5.32 Å². The topological polar surface area (TPSA) is 71.8 Å². The van der Waals surface area contributed by atoms with E-state index in [0.29, 0.717) is 6.54 Å². The third kappa shape index (κ3) is 4.88. The summed E-state index contributed by atoms with van der Waals surface area (Å²) in [5.41, 5.74) is 1.77. The van der Waals surface area contributed by atoms with Crippen LogP contribution in [0, 0.1) is 11.7 Å². The third-order valence-electron chi connectivity index (χ3n) is 4.94. The van der Waals surface area contributed by atoms with E-state index in [-0.39, 0.29) is 17.7 Å². The van der Waals surface area contributed by atoms with Crippen LogP contribution in [0.5, 0.6) is 0 Å². The molecule has 8 heteroatoms. The second kappa shape index (κ2) is 9.34. The first-order chi connectivity index (χ1) is 13.6. The Morgan fingerprint density at radius 3 is 2.64 bits per heavy atom. The molecule has 1 aromatic carbocycles. The van der Waals surface area contributed by atoms with E-state index in [1.807, 2.05) is 12.3 Å². The molecule has 0 radical (unpaired) electrons. The number of piperidine rings is 1. The number of benzene rings is 1. The molecule has 2 aromatic rings. The molecule has 2 heterocycles. The Kier molecular flexibility index (Phi) is 6.62. The van der Waals surface area contributed by atoms with Gasteiger partial charge in [-0.05, 0) is 43.2 Å². The second-order valence-electron chi connectivity index (χ2n) is 6.74. The fourth-order valence-corrected chi connectivity index (χ4v) is 3.36. The number of carbonyl (C=O) groups excluding carboxylic acids is 1. The highest BCUT2D eigenvalue weighted by Crippen LogP contribution is 2.18. The van der Waals surface area contributed by atoms with Crippen molar-refractivity contribution in [2.24, 2.45) is 10.9 Å². The van der Waals surface area contributed by atoms with E-state index in [1.54, 1.807) is 23.9 Å². The van der Waals surface area contributed by atoms with Crippen molar-refractivity contribution >= 4 is 11.9 Å². The monoisotopic (exact) mass is 387 g/mol. The van der Waals surface area contributed by atoms with E-state index < -0.39 is 0 Å². The lowest BCUT2D eigenvalue weighted by molar-refractivity contribution is -0.146. The van der Waals surface area contributed by atoms with Gasteiger partial charge in [0.2, 0.25) is 0 Å². The molecule has 0 amide bonds. The molecule has 7 nitrogen and oxygen atoms in total. The Hall–Kier alpha value is -2.90. The zero-order valence-corrected chi connectivity index (χ0v) is 16.3.